The van der Waals surface area contributed by atoms with Crippen molar-refractivity contribution in [1.29, 1.82) is 0 Å². The van der Waals surface area contributed by atoms with Gasteiger partial charge in [-0.15, -0.1) is 0 Å². The lowest BCUT2D eigenvalue weighted by Gasteiger charge is -2.34. The maximum absolute atomic E-state index is 12.9. The quantitative estimate of drug-likeness (QED) is 0.493. The highest BCUT2D eigenvalue weighted by atomic mass is 35.5. The third-order valence-corrected chi connectivity index (χ3v) is 5.59. The van der Waals surface area contributed by atoms with Crippen LogP contribution in [0.5, 0.6) is 0 Å². The van der Waals surface area contributed by atoms with Crippen molar-refractivity contribution in [3.63, 3.8) is 0 Å². The highest BCUT2D eigenvalue weighted by Gasteiger charge is 2.30. The van der Waals surface area contributed by atoms with Gasteiger partial charge in [0, 0.05) is 50.4 Å². The molecule has 0 saturated carbocycles. The molecule has 4 rings (SSSR count). The molecule has 2 amide bonds. The monoisotopic (exact) mass is 409 g/mol. The van der Waals surface area contributed by atoms with E-state index in [1.54, 1.807) is 33.9 Å². The maximum Gasteiger partial charge on any atom is 0.295 e. The summed E-state index contributed by atoms with van der Waals surface area (Å²) in [6.07, 6.45) is 1.64. The number of Topliss-reactive ketones (excluding diaryl/α,β-unsaturated/α-hetero) is 1. The van der Waals surface area contributed by atoms with Crippen molar-refractivity contribution in [1.82, 2.24) is 14.4 Å². The van der Waals surface area contributed by atoms with Gasteiger partial charge in [0.05, 0.1) is 16.1 Å². The number of halogens is 1. The molecule has 1 fully saturated rings. The summed E-state index contributed by atoms with van der Waals surface area (Å²) >= 11 is 6.29. The van der Waals surface area contributed by atoms with E-state index in [-0.39, 0.29) is 5.91 Å². The van der Waals surface area contributed by atoms with E-state index in [9.17, 15) is 14.4 Å². The number of piperazine rings is 1. The first-order valence-corrected chi connectivity index (χ1v) is 9.76. The Balaban J connectivity index is 1.48. The second kappa shape index (κ2) is 7.72. The first-order valence-electron chi connectivity index (χ1n) is 9.39. The predicted molar refractivity (Wildman–Crippen MR) is 111 cm³/mol. The number of hydrogen-bond acceptors (Lipinski definition) is 3. The zero-order valence-electron chi connectivity index (χ0n) is 16.0. The summed E-state index contributed by atoms with van der Waals surface area (Å²) in [5.74, 6) is -1.21. The number of nitrogens with zero attached hydrogens (tertiary/aromatic N) is 3. The Kier molecular flexibility index (Phi) is 5.11. The fourth-order valence-electron chi connectivity index (χ4n) is 3.71. The molecule has 2 aromatic carbocycles. The standard InChI is InChI=1S/C22H20ClN3O3/c1-24-14-16(19-17(23)8-5-9-18(19)24)20(27)22(29)26-12-10-25(11-13-26)21(28)15-6-3-2-4-7-15/h2-9,14H,10-13H2,1H3. The first kappa shape index (κ1) is 19.2. The predicted octanol–water partition coefficient (Wildman–Crippen LogP) is 3.00. The lowest BCUT2D eigenvalue weighted by Crippen LogP contribution is -2.52. The zero-order valence-corrected chi connectivity index (χ0v) is 16.7. The molecule has 1 aliphatic heterocycles. The van der Waals surface area contributed by atoms with Crippen molar-refractivity contribution in [2.24, 2.45) is 7.05 Å². The highest BCUT2D eigenvalue weighted by Crippen LogP contribution is 2.29. The zero-order chi connectivity index (χ0) is 20.5. The number of aryl methyl sites for hydroxylation is 1. The molecule has 148 valence electrons. The molecule has 7 heteroatoms. The molecule has 0 bridgehead atoms. The van der Waals surface area contributed by atoms with Crippen LogP contribution in [0.3, 0.4) is 0 Å². The van der Waals surface area contributed by atoms with Crippen LogP contribution >= 0.6 is 11.6 Å². The normalized spacial score (nSPS) is 14.3. The van der Waals surface area contributed by atoms with E-state index in [1.807, 2.05) is 37.4 Å². The van der Waals surface area contributed by atoms with Gasteiger partial charge in [-0.3, -0.25) is 14.4 Å². The van der Waals surface area contributed by atoms with E-state index in [1.165, 1.54) is 4.90 Å². The number of amides is 2. The Labute approximate surface area is 173 Å². The molecule has 29 heavy (non-hydrogen) atoms. The molecule has 0 N–H and O–H groups in total. The molecule has 2 heterocycles. The maximum atomic E-state index is 12.9. The summed E-state index contributed by atoms with van der Waals surface area (Å²) in [6.45, 7) is 1.43. The fourth-order valence-corrected chi connectivity index (χ4v) is 3.98. The van der Waals surface area contributed by atoms with Crippen LogP contribution in [0, 0.1) is 0 Å². The molecular formula is C22H20ClN3O3. The summed E-state index contributed by atoms with van der Waals surface area (Å²) in [5.41, 5.74) is 1.72. The topological polar surface area (TPSA) is 62.6 Å². The molecule has 6 nitrogen and oxygen atoms in total. The molecule has 0 atom stereocenters. The molecule has 1 aliphatic rings. The van der Waals surface area contributed by atoms with Crippen LogP contribution in [-0.2, 0) is 11.8 Å². The summed E-state index contributed by atoms with van der Waals surface area (Å²) < 4.78 is 1.79. The van der Waals surface area contributed by atoms with Crippen molar-refractivity contribution < 1.29 is 14.4 Å². The summed E-state index contributed by atoms with van der Waals surface area (Å²) in [6, 6.07) is 14.4. The lowest BCUT2D eigenvalue weighted by molar-refractivity contribution is -0.127. The Morgan fingerprint density at radius 2 is 1.52 bits per heavy atom. The van der Waals surface area contributed by atoms with E-state index < -0.39 is 11.7 Å². The van der Waals surface area contributed by atoms with Gasteiger partial charge in [-0.2, -0.15) is 0 Å². The molecule has 0 unspecified atom stereocenters. The minimum atomic E-state index is -0.577. The number of carbonyl (C=O) groups is 3. The number of benzene rings is 2. The van der Waals surface area contributed by atoms with Crippen molar-refractivity contribution >= 4 is 40.1 Å². The Bertz CT molecular complexity index is 1100. The van der Waals surface area contributed by atoms with Crippen molar-refractivity contribution in [3.05, 3.63) is 70.9 Å². The number of aromatic nitrogens is 1. The fraction of sp³-hybridized carbons (Fsp3) is 0.227. The van der Waals surface area contributed by atoms with Crippen LogP contribution in [0.2, 0.25) is 5.02 Å². The van der Waals surface area contributed by atoms with Crippen LogP contribution < -0.4 is 0 Å². The molecule has 1 aromatic heterocycles. The van der Waals surface area contributed by atoms with Gasteiger partial charge >= 0.3 is 0 Å². The molecule has 0 spiro atoms. The van der Waals surface area contributed by atoms with Crippen LogP contribution in [0.15, 0.2) is 54.7 Å². The second-order valence-electron chi connectivity index (χ2n) is 7.07. The summed E-state index contributed by atoms with van der Waals surface area (Å²) in [7, 11) is 1.81. The van der Waals surface area contributed by atoms with Crippen LogP contribution in [0.1, 0.15) is 20.7 Å². The van der Waals surface area contributed by atoms with Gasteiger partial charge in [-0.25, -0.2) is 0 Å². The van der Waals surface area contributed by atoms with Gasteiger partial charge in [-0.1, -0.05) is 35.9 Å². The first-order chi connectivity index (χ1) is 14.0. The second-order valence-corrected chi connectivity index (χ2v) is 7.47. The number of fused-ring (bicyclic) bond motifs is 1. The van der Waals surface area contributed by atoms with E-state index in [2.05, 4.69) is 0 Å². The largest absolute Gasteiger partial charge is 0.350 e. The third-order valence-electron chi connectivity index (χ3n) is 5.28. The minimum absolute atomic E-state index is 0.0649. The van der Waals surface area contributed by atoms with Gasteiger partial charge in [0.25, 0.3) is 17.6 Å². The number of carbonyl (C=O) groups excluding carboxylic acids is 3. The van der Waals surface area contributed by atoms with Gasteiger partial charge in [-0.05, 0) is 24.3 Å². The van der Waals surface area contributed by atoms with Crippen molar-refractivity contribution in [3.8, 4) is 0 Å². The van der Waals surface area contributed by atoms with Gasteiger partial charge in [0.15, 0.2) is 0 Å². The molecule has 1 saturated heterocycles. The SMILES string of the molecule is Cn1cc(C(=O)C(=O)N2CCN(C(=O)c3ccccc3)CC2)c2c(Cl)cccc21. The van der Waals surface area contributed by atoms with Crippen molar-refractivity contribution in [2.75, 3.05) is 26.2 Å². The van der Waals surface area contributed by atoms with Crippen LogP contribution in [0.4, 0.5) is 0 Å². The number of rotatable bonds is 3. The van der Waals surface area contributed by atoms with Crippen molar-refractivity contribution in [2.45, 2.75) is 0 Å². The lowest BCUT2D eigenvalue weighted by atomic mass is 10.1. The molecular weight excluding hydrogens is 390 g/mol. The molecule has 3 aromatic rings. The number of ketones is 1. The van der Waals surface area contributed by atoms with E-state index >= 15 is 0 Å². The Hall–Kier alpha value is -3.12. The van der Waals surface area contributed by atoms with E-state index in [0.29, 0.717) is 47.7 Å². The van der Waals surface area contributed by atoms with Crippen LogP contribution in [0.25, 0.3) is 10.9 Å². The highest BCUT2D eigenvalue weighted by molar-refractivity contribution is 6.47. The van der Waals surface area contributed by atoms with E-state index in [4.69, 9.17) is 11.6 Å². The van der Waals surface area contributed by atoms with Crippen LogP contribution in [-0.4, -0.2) is 58.1 Å². The van der Waals surface area contributed by atoms with Gasteiger partial charge in [0.2, 0.25) is 0 Å². The van der Waals surface area contributed by atoms with Gasteiger partial charge in [0.1, 0.15) is 0 Å². The Morgan fingerprint density at radius 3 is 2.21 bits per heavy atom. The smallest absolute Gasteiger partial charge is 0.295 e. The third kappa shape index (κ3) is 3.51. The van der Waals surface area contributed by atoms with Gasteiger partial charge < -0.3 is 14.4 Å². The average molecular weight is 410 g/mol. The summed E-state index contributed by atoms with van der Waals surface area (Å²) in [4.78, 5) is 41.5. The number of hydrogen-bond donors (Lipinski definition) is 0. The van der Waals surface area contributed by atoms with E-state index in [0.717, 1.165) is 5.52 Å². The molecule has 0 radical (unpaired) electrons. The minimum Gasteiger partial charge on any atom is -0.350 e. The molecule has 0 aliphatic carbocycles. The Morgan fingerprint density at radius 1 is 0.862 bits per heavy atom. The average Bonchev–Trinajstić information content (AvgIpc) is 3.11. The summed E-state index contributed by atoms with van der Waals surface area (Å²) in [5, 5.41) is 1.03.